The molecule has 0 amide bonds. The largest absolute Gasteiger partial charge is 0.407 e. The van der Waals surface area contributed by atoms with Crippen molar-refractivity contribution in [2.75, 3.05) is 20.2 Å². The van der Waals surface area contributed by atoms with E-state index in [0.29, 0.717) is 12.5 Å². The minimum absolute atomic E-state index is 0.0187. The second kappa shape index (κ2) is 12.5. The number of nitrogens with one attached hydrogen (secondary N) is 1. The van der Waals surface area contributed by atoms with Crippen LogP contribution in [0.1, 0.15) is 47.0 Å². The number of benzene rings is 2. The van der Waals surface area contributed by atoms with Crippen molar-refractivity contribution < 1.29 is 4.43 Å². The zero-order valence-electron chi connectivity index (χ0n) is 19.8. The smallest absolute Gasteiger partial charge is 0.261 e. The first-order chi connectivity index (χ1) is 15.0. The maximum absolute atomic E-state index is 7.09. The molecule has 3 heteroatoms. The van der Waals surface area contributed by atoms with Crippen LogP contribution in [-0.2, 0) is 4.43 Å². The zero-order valence-corrected chi connectivity index (χ0v) is 20.8. The van der Waals surface area contributed by atoms with Gasteiger partial charge in [-0.2, -0.15) is 0 Å². The van der Waals surface area contributed by atoms with Gasteiger partial charge in [0.1, 0.15) is 0 Å². The minimum Gasteiger partial charge on any atom is -0.407 e. The van der Waals surface area contributed by atoms with Crippen LogP contribution in [-0.4, -0.2) is 28.5 Å². The van der Waals surface area contributed by atoms with Crippen LogP contribution in [0.5, 0.6) is 0 Å². The summed E-state index contributed by atoms with van der Waals surface area (Å²) in [6, 6.07) is 21.6. The quantitative estimate of drug-likeness (QED) is 0.356. The minimum atomic E-state index is -2.52. The van der Waals surface area contributed by atoms with Crippen molar-refractivity contribution in [3.8, 4) is 23.7 Å². The molecule has 0 spiro atoms. The average molecular weight is 432 g/mol. The second-order valence-corrected chi connectivity index (χ2v) is 13.2. The van der Waals surface area contributed by atoms with Crippen molar-refractivity contribution in [2.45, 2.75) is 52.0 Å². The molecule has 0 aliphatic rings. The summed E-state index contributed by atoms with van der Waals surface area (Å²) in [5.74, 6) is 13.3. The van der Waals surface area contributed by atoms with Crippen LogP contribution in [0, 0.1) is 29.6 Å². The van der Waals surface area contributed by atoms with Crippen molar-refractivity contribution >= 4 is 18.7 Å². The summed E-state index contributed by atoms with van der Waals surface area (Å²) < 4.78 is 7.09. The van der Waals surface area contributed by atoms with E-state index in [1.807, 2.05) is 14.0 Å². The molecule has 0 aromatic heterocycles. The van der Waals surface area contributed by atoms with Crippen LogP contribution in [0.25, 0.3) is 0 Å². The fourth-order valence-corrected chi connectivity index (χ4v) is 8.57. The first kappa shape index (κ1) is 25.0. The Hall–Kier alpha value is -2.30. The first-order valence-corrected chi connectivity index (χ1v) is 13.1. The molecule has 2 nitrogen and oxygen atoms in total. The molecule has 164 valence electrons. The van der Waals surface area contributed by atoms with Crippen molar-refractivity contribution in [3.63, 3.8) is 0 Å². The third kappa shape index (κ3) is 6.84. The third-order valence-corrected chi connectivity index (χ3v) is 10.5. The van der Waals surface area contributed by atoms with E-state index >= 15 is 0 Å². The van der Waals surface area contributed by atoms with E-state index in [1.54, 1.807) is 0 Å². The summed E-state index contributed by atoms with van der Waals surface area (Å²) >= 11 is 0. The molecule has 2 aromatic carbocycles. The molecular weight excluding hydrogens is 394 g/mol. The van der Waals surface area contributed by atoms with Gasteiger partial charge in [0.15, 0.2) is 0 Å². The molecule has 0 heterocycles. The summed E-state index contributed by atoms with van der Waals surface area (Å²) in [5.41, 5.74) is 0. The molecule has 0 aliphatic carbocycles. The van der Waals surface area contributed by atoms with Gasteiger partial charge in [-0.05, 0) is 29.4 Å². The van der Waals surface area contributed by atoms with Crippen LogP contribution in [0.15, 0.2) is 60.7 Å². The Labute approximate surface area is 190 Å². The normalized spacial score (nSPS) is 12.3. The third-order valence-electron chi connectivity index (χ3n) is 5.54. The van der Waals surface area contributed by atoms with E-state index in [1.165, 1.54) is 10.4 Å². The van der Waals surface area contributed by atoms with E-state index in [2.05, 4.69) is 110 Å². The summed E-state index contributed by atoms with van der Waals surface area (Å²) in [6.07, 6.45) is 2.50. The Morgan fingerprint density at radius 1 is 0.871 bits per heavy atom. The summed E-state index contributed by atoms with van der Waals surface area (Å²) in [5, 5.41) is 5.75. The Kier molecular flexibility index (Phi) is 10.1. The van der Waals surface area contributed by atoms with Crippen molar-refractivity contribution in [1.29, 1.82) is 0 Å². The molecule has 31 heavy (non-hydrogen) atoms. The topological polar surface area (TPSA) is 21.3 Å². The van der Waals surface area contributed by atoms with Gasteiger partial charge in [0.05, 0.1) is 0 Å². The van der Waals surface area contributed by atoms with Gasteiger partial charge in [0.2, 0.25) is 0 Å². The van der Waals surface area contributed by atoms with E-state index in [0.717, 1.165) is 25.8 Å². The van der Waals surface area contributed by atoms with Crippen molar-refractivity contribution in [2.24, 2.45) is 5.92 Å². The Morgan fingerprint density at radius 3 is 1.90 bits per heavy atom. The molecule has 1 unspecified atom stereocenters. The maximum atomic E-state index is 7.09. The van der Waals surface area contributed by atoms with Gasteiger partial charge in [-0.1, -0.05) is 81.4 Å². The Morgan fingerprint density at radius 2 is 1.42 bits per heavy atom. The predicted octanol–water partition coefficient (Wildman–Crippen LogP) is 4.60. The highest BCUT2D eigenvalue weighted by Crippen LogP contribution is 2.37. The van der Waals surface area contributed by atoms with Crippen LogP contribution in [0.2, 0.25) is 5.04 Å². The van der Waals surface area contributed by atoms with Crippen molar-refractivity contribution in [1.82, 2.24) is 5.32 Å². The zero-order chi connectivity index (χ0) is 22.6. The summed E-state index contributed by atoms with van der Waals surface area (Å²) in [7, 11) is -0.560. The highest BCUT2D eigenvalue weighted by atomic mass is 28.4. The van der Waals surface area contributed by atoms with Crippen LogP contribution >= 0.6 is 0 Å². The van der Waals surface area contributed by atoms with E-state index in [-0.39, 0.29) is 5.04 Å². The number of hydrogen-bond acceptors (Lipinski definition) is 2. The summed E-state index contributed by atoms with van der Waals surface area (Å²) in [6.45, 7) is 10.4. The lowest BCUT2D eigenvalue weighted by Crippen LogP contribution is -2.66. The predicted molar refractivity (Wildman–Crippen MR) is 136 cm³/mol. The maximum Gasteiger partial charge on any atom is 0.261 e. The lowest BCUT2D eigenvalue weighted by Gasteiger charge is -2.43. The fraction of sp³-hybridized carbons (Fsp3) is 0.429. The monoisotopic (exact) mass is 431 g/mol. The fourth-order valence-electron chi connectivity index (χ4n) is 3.93. The Balaban J connectivity index is 2.39. The van der Waals surface area contributed by atoms with E-state index in [9.17, 15) is 0 Å². The standard InChI is InChI=1S/C28H37NOSi/c1-6-7-17-25(18-11-10-16-23-29-5)24-30-31(28(2,3)4,26-19-12-8-13-20-26)27-21-14-9-15-22-27/h8-9,12-15,19-22,25,29H,16-18,23-24H2,1-5H3. The average Bonchev–Trinajstić information content (AvgIpc) is 2.77. The highest BCUT2D eigenvalue weighted by molar-refractivity contribution is 6.99. The number of rotatable bonds is 9. The van der Waals surface area contributed by atoms with Gasteiger partial charge in [-0.15, -0.1) is 23.7 Å². The van der Waals surface area contributed by atoms with Crippen LogP contribution in [0.3, 0.4) is 0 Å². The molecule has 1 atom stereocenters. The molecular formula is C28H37NOSi. The molecule has 2 aromatic rings. The molecule has 0 saturated heterocycles. The van der Waals surface area contributed by atoms with Crippen molar-refractivity contribution in [3.05, 3.63) is 60.7 Å². The van der Waals surface area contributed by atoms with Gasteiger partial charge in [0, 0.05) is 38.3 Å². The number of hydrogen-bond donors (Lipinski definition) is 1. The van der Waals surface area contributed by atoms with Gasteiger partial charge in [0.25, 0.3) is 8.32 Å². The first-order valence-electron chi connectivity index (χ1n) is 11.2. The van der Waals surface area contributed by atoms with Crippen LogP contribution in [0.4, 0.5) is 0 Å². The molecule has 1 N–H and O–H groups in total. The molecule has 0 saturated carbocycles. The molecule has 2 rings (SSSR count). The van der Waals surface area contributed by atoms with Gasteiger partial charge < -0.3 is 9.74 Å². The lowest BCUT2D eigenvalue weighted by atomic mass is 10.0. The van der Waals surface area contributed by atoms with Gasteiger partial charge >= 0.3 is 0 Å². The molecule has 0 bridgehead atoms. The lowest BCUT2D eigenvalue weighted by molar-refractivity contribution is 0.239. The van der Waals surface area contributed by atoms with Gasteiger partial charge in [-0.3, -0.25) is 0 Å². The van der Waals surface area contributed by atoms with E-state index in [4.69, 9.17) is 4.43 Å². The molecule has 0 aliphatic heterocycles. The Bertz CT molecular complexity index is 855. The van der Waals surface area contributed by atoms with E-state index < -0.39 is 8.32 Å². The van der Waals surface area contributed by atoms with Gasteiger partial charge in [-0.25, -0.2) is 0 Å². The summed E-state index contributed by atoms with van der Waals surface area (Å²) in [4.78, 5) is 0. The molecule has 0 fully saturated rings. The highest BCUT2D eigenvalue weighted by Gasteiger charge is 2.50. The second-order valence-electron chi connectivity index (χ2n) is 8.88. The SMILES string of the molecule is CC#CCC(CC#CCCNC)CO[Si](c1ccccc1)(c1ccccc1)C(C)(C)C. The molecule has 0 radical (unpaired) electrons. The van der Waals surface area contributed by atoms with Crippen LogP contribution < -0.4 is 15.7 Å².